The van der Waals surface area contributed by atoms with Crippen molar-refractivity contribution in [3.05, 3.63) is 50.5 Å². The minimum atomic E-state index is 0.160. The van der Waals surface area contributed by atoms with Crippen molar-refractivity contribution in [2.24, 2.45) is 5.73 Å². The minimum Gasteiger partial charge on any atom is -0.323 e. The van der Waals surface area contributed by atoms with Gasteiger partial charge in [0.2, 0.25) is 0 Å². The first-order valence-corrected chi connectivity index (χ1v) is 7.74. The topological polar surface area (TPSA) is 38.9 Å². The molecule has 0 bridgehead atoms. The Hall–Kier alpha value is -1.19. The zero-order chi connectivity index (χ0) is 13.4. The van der Waals surface area contributed by atoms with Gasteiger partial charge in [0.15, 0.2) is 0 Å². The molecule has 19 heavy (non-hydrogen) atoms. The maximum atomic E-state index is 6.15. The second-order valence-corrected chi connectivity index (χ2v) is 6.76. The summed E-state index contributed by atoms with van der Waals surface area (Å²) < 4.78 is 0. The van der Waals surface area contributed by atoms with E-state index in [1.165, 1.54) is 33.0 Å². The van der Waals surface area contributed by atoms with E-state index in [1.54, 1.807) is 0 Å². The molecule has 1 aromatic heterocycles. The lowest BCUT2D eigenvalue weighted by Gasteiger charge is -2.15. The fraction of sp³-hybridized carbons (Fsp3) is 0.438. The van der Waals surface area contributed by atoms with Gasteiger partial charge in [-0.2, -0.15) is 0 Å². The molecule has 2 aromatic rings. The van der Waals surface area contributed by atoms with Gasteiger partial charge < -0.3 is 5.73 Å². The Kier molecular flexibility index (Phi) is 3.42. The van der Waals surface area contributed by atoms with Gasteiger partial charge in [-0.05, 0) is 38.7 Å². The van der Waals surface area contributed by atoms with E-state index >= 15 is 0 Å². The number of aryl methyl sites for hydroxylation is 3. The molecule has 0 radical (unpaired) electrons. The molecule has 2 nitrogen and oxygen atoms in total. The first kappa shape index (κ1) is 12.8. The second kappa shape index (κ2) is 5.06. The highest BCUT2D eigenvalue weighted by Gasteiger charge is 2.21. The molecule has 1 aromatic carbocycles. The van der Waals surface area contributed by atoms with Gasteiger partial charge in [0.25, 0.3) is 0 Å². The first-order valence-electron chi connectivity index (χ1n) is 6.93. The van der Waals surface area contributed by atoms with E-state index in [4.69, 9.17) is 10.7 Å². The smallest absolute Gasteiger partial charge is 0.0975 e. The van der Waals surface area contributed by atoms with E-state index in [0.717, 1.165) is 25.0 Å². The van der Waals surface area contributed by atoms with Gasteiger partial charge in [-0.25, -0.2) is 4.98 Å². The van der Waals surface area contributed by atoms with Crippen LogP contribution >= 0.6 is 11.3 Å². The Balaban J connectivity index is 1.87. The maximum Gasteiger partial charge on any atom is 0.0975 e. The van der Waals surface area contributed by atoms with Crippen LogP contribution in [0.1, 0.15) is 51.2 Å². The summed E-state index contributed by atoms with van der Waals surface area (Å²) in [4.78, 5) is 6.19. The SMILES string of the molecule is Cc1cc(C)cc(Cc2nc3c(s2)CCCC3N)c1. The highest BCUT2D eigenvalue weighted by atomic mass is 32.1. The summed E-state index contributed by atoms with van der Waals surface area (Å²) in [5.74, 6) is 0. The summed E-state index contributed by atoms with van der Waals surface area (Å²) in [5.41, 5.74) is 11.3. The summed E-state index contributed by atoms with van der Waals surface area (Å²) in [6.07, 6.45) is 4.39. The van der Waals surface area contributed by atoms with Crippen LogP contribution in [0.2, 0.25) is 0 Å². The zero-order valence-electron chi connectivity index (χ0n) is 11.6. The third kappa shape index (κ3) is 2.72. The number of benzene rings is 1. The van der Waals surface area contributed by atoms with Crippen LogP contribution < -0.4 is 5.73 Å². The Morgan fingerprint density at radius 1 is 1.26 bits per heavy atom. The fourth-order valence-corrected chi connectivity index (χ4v) is 4.14. The predicted molar refractivity (Wildman–Crippen MR) is 80.7 cm³/mol. The van der Waals surface area contributed by atoms with Gasteiger partial charge in [0.1, 0.15) is 0 Å². The van der Waals surface area contributed by atoms with Gasteiger partial charge >= 0.3 is 0 Å². The van der Waals surface area contributed by atoms with Crippen LogP contribution in [0.4, 0.5) is 0 Å². The monoisotopic (exact) mass is 272 g/mol. The molecular formula is C16H20N2S. The first-order chi connectivity index (χ1) is 9.11. The van der Waals surface area contributed by atoms with E-state index in [9.17, 15) is 0 Å². The molecule has 1 unspecified atom stereocenters. The predicted octanol–water partition coefficient (Wildman–Crippen LogP) is 3.69. The number of rotatable bonds is 2. The van der Waals surface area contributed by atoms with Gasteiger partial charge in [-0.3, -0.25) is 0 Å². The largest absolute Gasteiger partial charge is 0.323 e. The molecule has 0 saturated carbocycles. The number of hydrogen-bond acceptors (Lipinski definition) is 3. The molecule has 1 atom stereocenters. The molecule has 3 rings (SSSR count). The van der Waals surface area contributed by atoms with E-state index in [1.807, 2.05) is 11.3 Å². The summed E-state index contributed by atoms with van der Waals surface area (Å²) in [7, 11) is 0. The van der Waals surface area contributed by atoms with Crippen LogP contribution in [0.5, 0.6) is 0 Å². The quantitative estimate of drug-likeness (QED) is 0.905. The maximum absolute atomic E-state index is 6.15. The van der Waals surface area contributed by atoms with Crippen molar-refractivity contribution >= 4 is 11.3 Å². The van der Waals surface area contributed by atoms with Gasteiger partial charge in [-0.15, -0.1) is 11.3 Å². The molecule has 100 valence electrons. The highest BCUT2D eigenvalue weighted by molar-refractivity contribution is 7.11. The lowest BCUT2D eigenvalue weighted by molar-refractivity contribution is 0.562. The molecule has 0 fully saturated rings. The molecule has 0 spiro atoms. The van der Waals surface area contributed by atoms with Gasteiger partial charge in [0.05, 0.1) is 10.7 Å². The average molecular weight is 272 g/mol. The standard InChI is InChI=1S/C16H20N2S/c1-10-6-11(2)8-12(7-10)9-15-18-16-13(17)4-3-5-14(16)19-15/h6-8,13H,3-5,9,17H2,1-2H3. The van der Waals surface area contributed by atoms with Crippen LogP contribution in [0, 0.1) is 13.8 Å². The van der Waals surface area contributed by atoms with E-state index in [2.05, 4.69) is 32.0 Å². The summed E-state index contributed by atoms with van der Waals surface area (Å²) >= 11 is 1.85. The fourth-order valence-electron chi connectivity index (χ4n) is 2.92. The van der Waals surface area contributed by atoms with Crippen molar-refractivity contribution in [1.29, 1.82) is 0 Å². The van der Waals surface area contributed by atoms with Crippen LogP contribution in [0.15, 0.2) is 18.2 Å². The molecule has 0 amide bonds. The van der Waals surface area contributed by atoms with Crippen LogP contribution in [0.3, 0.4) is 0 Å². The van der Waals surface area contributed by atoms with E-state index in [0.29, 0.717) is 0 Å². The van der Waals surface area contributed by atoms with Crippen LogP contribution in [0.25, 0.3) is 0 Å². The van der Waals surface area contributed by atoms with Crippen molar-refractivity contribution in [3.63, 3.8) is 0 Å². The highest BCUT2D eigenvalue weighted by Crippen LogP contribution is 2.32. The molecule has 2 N–H and O–H groups in total. The minimum absolute atomic E-state index is 0.160. The molecule has 0 saturated heterocycles. The second-order valence-electron chi connectivity index (χ2n) is 5.59. The lowest BCUT2D eigenvalue weighted by Crippen LogP contribution is -2.16. The number of nitrogens with zero attached hydrogens (tertiary/aromatic N) is 1. The Labute approximate surface area is 118 Å². The molecular weight excluding hydrogens is 252 g/mol. The molecule has 1 aliphatic carbocycles. The summed E-state index contributed by atoms with van der Waals surface area (Å²) in [6.45, 7) is 4.30. The zero-order valence-corrected chi connectivity index (χ0v) is 12.4. The Morgan fingerprint density at radius 2 is 2.00 bits per heavy atom. The number of hydrogen-bond donors (Lipinski definition) is 1. The molecule has 1 heterocycles. The molecule has 1 aliphatic rings. The number of aromatic nitrogens is 1. The van der Waals surface area contributed by atoms with E-state index < -0.39 is 0 Å². The number of nitrogens with two attached hydrogens (primary N) is 1. The number of thiazole rings is 1. The van der Waals surface area contributed by atoms with Crippen molar-refractivity contribution in [2.75, 3.05) is 0 Å². The average Bonchev–Trinajstić information content (AvgIpc) is 2.71. The lowest BCUT2D eigenvalue weighted by atomic mass is 9.99. The normalized spacial score (nSPS) is 18.4. The van der Waals surface area contributed by atoms with Gasteiger partial charge in [-0.1, -0.05) is 29.3 Å². The Morgan fingerprint density at radius 3 is 2.68 bits per heavy atom. The van der Waals surface area contributed by atoms with Gasteiger partial charge in [0, 0.05) is 17.3 Å². The van der Waals surface area contributed by atoms with Crippen LogP contribution in [-0.4, -0.2) is 4.98 Å². The summed E-state index contributed by atoms with van der Waals surface area (Å²) in [5, 5.41) is 1.22. The van der Waals surface area contributed by atoms with Crippen LogP contribution in [-0.2, 0) is 12.8 Å². The van der Waals surface area contributed by atoms with Crippen molar-refractivity contribution in [3.8, 4) is 0 Å². The molecule has 0 aliphatic heterocycles. The van der Waals surface area contributed by atoms with Crippen molar-refractivity contribution < 1.29 is 0 Å². The number of fused-ring (bicyclic) bond motifs is 1. The van der Waals surface area contributed by atoms with Crippen molar-refractivity contribution in [2.45, 2.75) is 45.6 Å². The van der Waals surface area contributed by atoms with Crippen molar-refractivity contribution in [1.82, 2.24) is 4.98 Å². The third-order valence-electron chi connectivity index (χ3n) is 3.68. The van der Waals surface area contributed by atoms with E-state index in [-0.39, 0.29) is 6.04 Å². The third-order valence-corrected chi connectivity index (χ3v) is 4.81. The molecule has 3 heteroatoms. The Bertz CT molecular complexity index is 581. The summed E-state index contributed by atoms with van der Waals surface area (Å²) in [6, 6.07) is 6.89.